The van der Waals surface area contributed by atoms with E-state index in [0.29, 0.717) is 30.1 Å². The molecule has 0 saturated carbocycles. The Labute approximate surface area is 157 Å². The zero-order chi connectivity index (χ0) is 18.8. The van der Waals surface area contributed by atoms with Gasteiger partial charge in [-0.1, -0.05) is 6.07 Å². The largest absolute Gasteiger partial charge is 0.374 e. The van der Waals surface area contributed by atoms with Crippen LogP contribution in [0.15, 0.2) is 53.7 Å². The molecular weight excluding hydrogens is 338 g/mol. The zero-order valence-corrected chi connectivity index (χ0v) is 15.2. The minimum atomic E-state index is -1.56. The molecule has 5 rings (SSSR count). The maximum Gasteiger partial charge on any atom is 0.204 e. The molecule has 0 bridgehead atoms. The van der Waals surface area contributed by atoms with E-state index in [1.165, 1.54) is 0 Å². The van der Waals surface area contributed by atoms with Gasteiger partial charge < -0.3 is 10.0 Å². The van der Waals surface area contributed by atoms with Crippen LogP contribution in [-0.4, -0.2) is 33.9 Å². The van der Waals surface area contributed by atoms with E-state index in [4.69, 9.17) is 4.99 Å². The van der Waals surface area contributed by atoms with Crippen LogP contribution >= 0.6 is 0 Å². The van der Waals surface area contributed by atoms with Gasteiger partial charge in [-0.3, -0.25) is 9.78 Å². The Morgan fingerprint density at radius 2 is 1.93 bits per heavy atom. The number of hydrogen-bond acceptors (Lipinski definition) is 5. The number of amidine groups is 1. The average Bonchev–Trinajstić information content (AvgIpc) is 3.01. The number of nitrogens with zero attached hydrogens (tertiary/aromatic N) is 3. The molecule has 134 valence electrons. The van der Waals surface area contributed by atoms with Gasteiger partial charge in [0.1, 0.15) is 5.84 Å². The molecule has 2 aromatic carbocycles. The summed E-state index contributed by atoms with van der Waals surface area (Å²) in [5.41, 5.74) is 3.52. The number of anilines is 1. The fraction of sp³-hybridized carbons (Fsp3) is 0.227. The quantitative estimate of drug-likeness (QED) is 0.721. The van der Waals surface area contributed by atoms with Crippen molar-refractivity contribution in [2.75, 3.05) is 11.4 Å². The van der Waals surface area contributed by atoms with Gasteiger partial charge in [-0.15, -0.1) is 0 Å². The molecule has 3 aromatic rings. The molecule has 5 nitrogen and oxygen atoms in total. The van der Waals surface area contributed by atoms with Crippen LogP contribution in [0.2, 0.25) is 0 Å². The molecule has 1 atom stereocenters. The van der Waals surface area contributed by atoms with Gasteiger partial charge >= 0.3 is 0 Å². The predicted octanol–water partition coefficient (Wildman–Crippen LogP) is 3.72. The second-order valence-corrected chi connectivity index (χ2v) is 7.36. The Balaban J connectivity index is 1.67. The van der Waals surface area contributed by atoms with Gasteiger partial charge in [0, 0.05) is 35.8 Å². The maximum atomic E-state index is 13.1. The van der Waals surface area contributed by atoms with Gasteiger partial charge in [-0.05, 0) is 61.4 Å². The third kappa shape index (κ3) is 2.25. The van der Waals surface area contributed by atoms with Crippen LogP contribution in [0.5, 0.6) is 0 Å². The SMILES string of the molecule is Cc1cc2c(cc1C)C(=O)C1(O)CCN(c3ccc4ncccc4c3)C1=N2. The number of aliphatic imine (C=N–C) groups is 1. The molecule has 5 heteroatoms. The van der Waals surface area contributed by atoms with E-state index in [2.05, 4.69) is 4.98 Å². The van der Waals surface area contributed by atoms with Gasteiger partial charge in [-0.2, -0.15) is 0 Å². The lowest BCUT2D eigenvalue weighted by Gasteiger charge is -2.30. The van der Waals surface area contributed by atoms with E-state index in [9.17, 15) is 9.90 Å². The van der Waals surface area contributed by atoms with E-state index >= 15 is 0 Å². The number of aromatic nitrogens is 1. The normalized spacial score (nSPS) is 21.2. The van der Waals surface area contributed by atoms with Crippen molar-refractivity contribution in [3.63, 3.8) is 0 Å². The van der Waals surface area contributed by atoms with Crippen LogP contribution in [0.4, 0.5) is 11.4 Å². The van der Waals surface area contributed by atoms with E-state index in [1.54, 1.807) is 6.20 Å². The zero-order valence-electron chi connectivity index (χ0n) is 15.2. The van der Waals surface area contributed by atoms with E-state index in [0.717, 1.165) is 27.7 Å². The highest BCUT2D eigenvalue weighted by molar-refractivity contribution is 6.28. The Bertz CT molecular complexity index is 1150. The number of aryl methyl sites for hydroxylation is 2. The van der Waals surface area contributed by atoms with Gasteiger partial charge in [0.2, 0.25) is 5.78 Å². The summed E-state index contributed by atoms with van der Waals surface area (Å²) in [6.45, 7) is 4.51. The molecule has 0 aliphatic carbocycles. The Kier molecular flexibility index (Phi) is 3.27. The molecule has 2 aliphatic rings. The van der Waals surface area contributed by atoms with Crippen LogP contribution < -0.4 is 4.90 Å². The average molecular weight is 357 g/mol. The summed E-state index contributed by atoms with van der Waals surface area (Å²) >= 11 is 0. The topological polar surface area (TPSA) is 65.8 Å². The Hall–Kier alpha value is -3.05. The molecule has 3 heterocycles. The van der Waals surface area contributed by atoms with Crippen LogP contribution in [-0.2, 0) is 0 Å². The van der Waals surface area contributed by atoms with Crippen LogP contribution in [0.1, 0.15) is 27.9 Å². The number of carbonyl (C=O) groups is 1. The van der Waals surface area contributed by atoms with Crippen LogP contribution in [0.25, 0.3) is 10.9 Å². The number of carbonyl (C=O) groups excluding carboxylic acids is 1. The maximum absolute atomic E-state index is 13.1. The molecule has 1 N–H and O–H groups in total. The van der Waals surface area contributed by atoms with Crippen LogP contribution in [0.3, 0.4) is 0 Å². The highest BCUT2D eigenvalue weighted by Gasteiger charge is 2.52. The van der Waals surface area contributed by atoms with Gasteiger partial charge in [-0.25, -0.2) is 4.99 Å². The molecule has 0 spiro atoms. The van der Waals surface area contributed by atoms with Crippen molar-refractivity contribution in [2.24, 2.45) is 4.99 Å². The van der Waals surface area contributed by atoms with Gasteiger partial charge in [0.25, 0.3) is 0 Å². The molecule has 1 saturated heterocycles. The first-order valence-corrected chi connectivity index (χ1v) is 9.07. The van der Waals surface area contributed by atoms with E-state index in [1.807, 2.05) is 61.2 Å². The summed E-state index contributed by atoms with van der Waals surface area (Å²) in [7, 11) is 0. The third-order valence-corrected chi connectivity index (χ3v) is 5.68. The van der Waals surface area contributed by atoms with Crippen molar-refractivity contribution < 1.29 is 9.90 Å². The minimum absolute atomic E-state index is 0.254. The Morgan fingerprint density at radius 3 is 2.78 bits per heavy atom. The number of benzene rings is 2. The summed E-state index contributed by atoms with van der Waals surface area (Å²) in [5.74, 6) is 0.169. The fourth-order valence-electron chi connectivity index (χ4n) is 3.98. The lowest BCUT2D eigenvalue weighted by Crippen LogP contribution is -2.48. The van der Waals surface area contributed by atoms with Crippen molar-refractivity contribution in [1.29, 1.82) is 0 Å². The minimum Gasteiger partial charge on any atom is -0.374 e. The monoisotopic (exact) mass is 357 g/mol. The second-order valence-electron chi connectivity index (χ2n) is 7.36. The van der Waals surface area contributed by atoms with E-state index < -0.39 is 5.60 Å². The Morgan fingerprint density at radius 1 is 1.11 bits per heavy atom. The molecular formula is C22H19N3O2. The van der Waals surface area contributed by atoms with Crippen molar-refractivity contribution in [2.45, 2.75) is 25.9 Å². The summed E-state index contributed by atoms with van der Waals surface area (Å²) in [5, 5.41) is 12.2. The number of rotatable bonds is 1. The van der Waals surface area contributed by atoms with Crippen LogP contribution in [0, 0.1) is 13.8 Å². The van der Waals surface area contributed by atoms with Gasteiger partial charge in [0.05, 0.1) is 11.2 Å². The number of aliphatic hydroxyl groups is 1. The first-order valence-electron chi connectivity index (χ1n) is 9.07. The van der Waals surface area contributed by atoms with Crippen molar-refractivity contribution in [3.05, 3.63) is 65.4 Å². The van der Waals surface area contributed by atoms with E-state index in [-0.39, 0.29) is 5.78 Å². The second kappa shape index (κ2) is 5.47. The molecule has 2 aliphatic heterocycles. The first-order chi connectivity index (χ1) is 13.0. The highest BCUT2D eigenvalue weighted by atomic mass is 16.3. The number of Topliss-reactive ketones (excluding diaryl/α,β-unsaturated/α-hetero) is 1. The number of hydrogen-bond donors (Lipinski definition) is 1. The molecule has 1 unspecified atom stereocenters. The summed E-state index contributed by atoms with van der Waals surface area (Å²) in [6.07, 6.45) is 2.10. The lowest BCUT2D eigenvalue weighted by molar-refractivity contribution is 0.0602. The fourth-order valence-corrected chi connectivity index (χ4v) is 3.98. The molecule has 0 amide bonds. The first kappa shape index (κ1) is 16.1. The highest BCUT2D eigenvalue weighted by Crippen LogP contribution is 2.40. The summed E-state index contributed by atoms with van der Waals surface area (Å²) < 4.78 is 0. The lowest BCUT2D eigenvalue weighted by atomic mass is 9.86. The predicted molar refractivity (Wildman–Crippen MR) is 106 cm³/mol. The van der Waals surface area contributed by atoms with Crippen molar-refractivity contribution in [1.82, 2.24) is 4.98 Å². The standard InChI is InChI=1S/C22H19N3O2/c1-13-10-17-19(11-14(13)2)24-21-22(27,20(17)26)7-9-25(21)16-5-6-18-15(12-16)4-3-8-23-18/h3-6,8,10-12,27H,7,9H2,1-2H3. The smallest absolute Gasteiger partial charge is 0.204 e. The van der Waals surface area contributed by atoms with Crippen molar-refractivity contribution >= 4 is 33.9 Å². The molecule has 0 radical (unpaired) electrons. The summed E-state index contributed by atoms with van der Waals surface area (Å²) in [6, 6.07) is 13.6. The molecule has 27 heavy (non-hydrogen) atoms. The number of pyridine rings is 1. The summed E-state index contributed by atoms with van der Waals surface area (Å²) in [4.78, 5) is 24.1. The molecule has 1 fully saturated rings. The van der Waals surface area contributed by atoms with Crippen molar-refractivity contribution in [3.8, 4) is 0 Å². The third-order valence-electron chi connectivity index (χ3n) is 5.68. The molecule has 1 aromatic heterocycles. The number of ketones is 1. The number of fused-ring (bicyclic) bond motifs is 3. The van der Waals surface area contributed by atoms with Gasteiger partial charge in [0.15, 0.2) is 5.60 Å².